The molecule has 0 saturated heterocycles. The first-order valence-electron chi connectivity index (χ1n) is 4.48. The van der Waals surface area contributed by atoms with Crippen molar-refractivity contribution >= 4 is 17.7 Å². The van der Waals surface area contributed by atoms with Crippen molar-refractivity contribution in [2.45, 2.75) is 26.3 Å². The lowest BCUT2D eigenvalue weighted by Gasteiger charge is -2.19. The number of hydrogen-bond donors (Lipinski definition) is 1. The lowest BCUT2D eigenvalue weighted by molar-refractivity contribution is 0.189. The quantitative estimate of drug-likeness (QED) is 0.804. The van der Waals surface area contributed by atoms with Crippen LogP contribution in [0.4, 0.5) is 4.79 Å². The van der Waals surface area contributed by atoms with Gasteiger partial charge in [0.1, 0.15) is 0 Å². The van der Waals surface area contributed by atoms with Gasteiger partial charge in [-0.2, -0.15) is 0 Å². The molecule has 0 bridgehead atoms. The SMILES string of the molecule is CC(C)(C)NC(=O)Oc1cc(Cl)ccn1. The Morgan fingerprint density at radius 3 is 2.73 bits per heavy atom. The summed E-state index contributed by atoms with van der Waals surface area (Å²) >= 11 is 5.71. The molecule has 0 unspecified atom stereocenters. The van der Waals surface area contributed by atoms with Crippen LogP contribution in [0.2, 0.25) is 5.02 Å². The summed E-state index contributed by atoms with van der Waals surface area (Å²) in [6, 6.07) is 3.08. The van der Waals surface area contributed by atoms with Crippen molar-refractivity contribution in [1.29, 1.82) is 0 Å². The molecule has 1 amide bonds. The molecular formula is C10H13ClN2O2. The fourth-order valence-corrected chi connectivity index (χ4v) is 1.02. The Morgan fingerprint density at radius 2 is 2.20 bits per heavy atom. The third-order valence-electron chi connectivity index (χ3n) is 1.37. The van der Waals surface area contributed by atoms with Crippen LogP contribution in [0.1, 0.15) is 20.8 Å². The number of aromatic nitrogens is 1. The first-order chi connectivity index (χ1) is 6.87. The van der Waals surface area contributed by atoms with Crippen LogP contribution in [-0.2, 0) is 0 Å². The minimum Gasteiger partial charge on any atom is -0.391 e. The summed E-state index contributed by atoms with van der Waals surface area (Å²) in [6.45, 7) is 5.58. The van der Waals surface area contributed by atoms with Crippen molar-refractivity contribution < 1.29 is 9.53 Å². The Balaban J connectivity index is 2.59. The Labute approximate surface area is 93.6 Å². The van der Waals surface area contributed by atoms with Crippen LogP contribution in [0.5, 0.6) is 5.88 Å². The minimum atomic E-state index is -0.544. The second kappa shape index (κ2) is 4.49. The minimum absolute atomic E-state index is 0.184. The lowest BCUT2D eigenvalue weighted by atomic mass is 10.1. The second-order valence-electron chi connectivity index (χ2n) is 4.08. The van der Waals surface area contributed by atoms with Crippen molar-refractivity contribution in [3.63, 3.8) is 0 Å². The van der Waals surface area contributed by atoms with Gasteiger partial charge in [0.2, 0.25) is 5.88 Å². The normalized spacial score (nSPS) is 10.9. The second-order valence-corrected chi connectivity index (χ2v) is 4.51. The van der Waals surface area contributed by atoms with Gasteiger partial charge in [-0.05, 0) is 26.8 Å². The Kier molecular flexibility index (Phi) is 3.52. The molecule has 0 saturated carbocycles. The first kappa shape index (κ1) is 11.8. The van der Waals surface area contributed by atoms with Crippen molar-refractivity contribution in [3.8, 4) is 5.88 Å². The zero-order valence-corrected chi connectivity index (χ0v) is 9.63. The average molecular weight is 229 g/mol. The Hall–Kier alpha value is -1.29. The van der Waals surface area contributed by atoms with Gasteiger partial charge in [-0.15, -0.1) is 0 Å². The summed E-state index contributed by atoms with van der Waals surface area (Å²) in [4.78, 5) is 15.2. The molecular weight excluding hydrogens is 216 g/mol. The molecule has 0 atom stereocenters. The number of nitrogens with zero attached hydrogens (tertiary/aromatic N) is 1. The molecule has 1 N–H and O–H groups in total. The first-order valence-corrected chi connectivity index (χ1v) is 4.86. The lowest BCUT2D eigenvalue weighted by Crippen LogP contribution is -2.42. The molecule has 0 aliphatic carbocycles. The van der Waals surface area contributed by atoms with E-state index in [4.69, 9.17) is 16.3 Å². The predicted octanol–water partition coefficient (Wildman–Crippen LogP) is 2.62. The molecule has 15 heavy (non-hydrogen) atoms. The van der Waals surface area contributed by atoms with Gasteiger partial charge < -0.3 is 10.1 Å². The number of ether oxygens (including phenoxy) is 1. The van der Waals surface area contributed by atoms with E-state index >= 15 is 0 Å². The summed E-state index contributed by atoms with van der Waals surface area (Å²) in [5, 5.41) is 3.12. The maximum Gasteiger partial charge on any atom is 0.414 e. The molecule has 0 aliphatic rings. The number of rotatable bonds is 1. The highest BCUT2D eigenvalue weighted by Gasteiger charge is 2.15. The van der Waals surface area contributed by atoms with Crippen LogP contribution < -0.4 is 10.1 Å². The van der Waals surface area contributed by atoms with Gasteiger partial charge in [0, 0.05) is 22.8 Å². The number of pyridine rings is 1. The van der Waals surface area contributed by atoms with E-state index in [-0.39, 0.29) is 11.4 Å². The molecule has 1 heterocycles. The highest BCUT2D eigenvalue weighted by atomic mass is 35.5. The molecule has 1 aromatic heterocycles. The molecule has 0 spiro atoms. The highest BCUT2D eigenvalue weighted by Crippen LogP contribution is 2.14. The van der Waals surface area contributed by atoms with Crippen LogP contribution in [-0.4, -0.2) is 16.6 Å². The summed E-state index contributed by atoms with van der Waals surface area (Å²) in [6.07, 6.45) is 0.930. The van der Waals surface area contributed by atoms with Gasteiger partial charge in [-0.1, -0.05) is 11.6 Å². The fourth-order valence-electron chi connectivity index (χ4n) is 0.868. The van der Waals surface area contributed by atoms with E-state index in [9.17, 15) is 4.79 Å². The Bertz CT molecular complexity index is 361. The van der Waals surface area contributed by atoms with E-state index in [2.05, 4.69) is 10.3 Å². The van der Waals surface area contributed by atoms with Gasteiger partial charge in [0.25, 0.3) is 0 Å². The van der Waals surface area contributed by atoms with Gasteiger partial charge >= 0.3 is 6.09 Å². The molecule has 4 nitrogen and oxygen atoms in total. The Morgan fingerprint density at radius 1 is 1.53 bits per heavy atom. The number of nitrogens with one attached hydrogen (secondary N) is 1. The fraction of sp³-hybridized carbons (Fsp3) is 0.400. The summed E-state index contributed by atoms with van der Waals surface area (Å²) < 4.78 is 4.93. The van der Waals surface area contributed by atoms with Gasteiger partial charge in [-0.3, -0.25) is 0 Å². The van der Waals surface area contributed by atoms with Gasteiger partial charge in [0.05, 0.1) is 0 Å². The summed E-state index contributed by atoms with van der Waals surface area (Å²) in [7, 11) is 0. The maximum absolute atomic E-state index is 11.3. The number of carbonyl (C=O) groups is 1. The van der Waals surface area contributed by atoms with E-state index in [0.29, 0.717) is 5.02 Å². The maximum atomic E-state index is 11.3. The van der Waals surface area contributed by atoms with Crippen LogP contribution in [0.15, 0.2) is 18.3 Å². The zero-order chi connectivity index (χ0) is 11.5. The van der Waals surface area contributed by atoms with E-state index < -0.39 is 6.09 Å². The highest BCUT2D eigenvalue weighted by molar-refractivity contribution is 6.30. The third-order valence-corrected chi connectivity index (χ3v) is 1.61. The standard InChI is InChI=1S/C10H13ClN2O2/c1-10(2,3)13-9(14)15-8-6-7(11)4-5-12-8/h4-6H,1-3H3,(H,13,14). The van der Waals surface area contributed by atoms with Gasteiger partial charge in [0.15, 0.2) is 0 Å². The molecule has 0 aliphatic heterocycles. The third kappa shape index (κ3) is 4.65. The van der Waals surface area contributed by atoms with Crippen LogP contribution in [0, 0.1) is 0 Å². The van der Waals surface area contributed by atoms with Crippen molar-refractivity contribution in [2.24, 2.45) is 0 Å². The molecule has 82 valence electrons. The van der Waals surface area contributed by atoms with E-state index in [1.54, 1.807) is 6.07 Å². The number of halogens is 1. The van der Waals surface area contributed by atoms with Crippen molar-refractivity contribution in [1.82, 2.24) is 10.3 Å². The number of carbonyl (C=O) groups excluding carboxylic acids is 1. The summed E-state index contributed by atoms with van der Waals surface area (Å²) in [5.74, 6) is 0.184. The zero-order valence-electron chi connectivity index (χ0n) is 8.87. The molecule has 1 aromatic rings. The largest absolute Gasteiger partial charge is 0.414 e. The molecule has 5 heteroatoms. The number of hydrogen-bond acceptors (Lipinski definition) is 3. The van der Waals surface area contributed by atoms with Crippen molar-refractivity contribution in [3.05, 3.63) is 23.4 Å². The van der Waals surface area contributed by atoms with E-state index in [1.807, 2.05) is 20.8 Å². The molecule has 0 aromatic carbocycles. The van der Waals surface area contributed by atoms with Crippen LogP contribution in [0.25, 0.3) is 0 Å². The van der Waals surface area contributed by atoms with E-state index in [0.717, 1.165) is 0 Å². The summed E-state index contributed by atoms with van der Waals surface area (Å²) in [5.41, 5.74) is -0.338. The average Bonchev–Trinajstić information content (AvgIpc) is 1.99. The molecule has 1 rings (SSSR count). The topological polar surface area (TPSA) is 51.2 Å². The van der Waals surface area contributed by atoms with Crippen molar-refractivity contribution in [2.75, 3.05) is 0 Å². The smallest absolute Gasteiger partial charge is 0.391 e. The van der Waals surface area contributed by atoms with Gasteiger partial charge in [-0.25, -0.2) is 9.78 Å². The predicted molar refractivity (Wildman–Crippen MR) is 58.2 cm³/mol. The van der Waals surface area contributed by atoms with Crippen LogP contribution in [0.3, 0.4) is 0 Å². The van der Waals surface area contributed by atoms with E-state index in [1.165, 1.54) is 12.3 Å². The number of amides is 1. The van der Waals surface area contributed by atoms with Crippen LogP contribution >= 0.6 is 11.6 Å². The molecule has 0 fully saturated rings. The monoisotopic (exact) mass is 228 g/mol. The molecule has 0 radical (unpaired) electrons.